The number of methoxy groups -OCH3 is 2. The summed E-state index contributed by atoms with van der Waals surface area (Å²) in [4.78, 5) is 11.7. The summed E-state index contributed by atoms with van der Waals surface area (Å²) < 4.78 is 15.6. The fraction of sp³-hybridized carbons (Fsp3) is 0.533. The molecule has 0 fully saturated rings. The molecule has 6 heteroatoms. The zero-order valence-electron chi connectivity index (χ0n) is 12.9. The lowest BCUT2D eigenvalue weighted by Gasteiger charge is -2.15. The van der Waals surface area contributed by atoms with Crippen molar-refractivity contribution in [1.82, 2.24) is 5.32 Å². The highest BCUT2D eigenvalue weighted by molar-refractivity contribution is 5.77. The van der Waals surface area contributed by atoms with E-state index in [9.17, 15) is 9.90 Å². The summed E-state index contributed by atoms with van der Waals surface area (Å²) in [6.45, 7) is 3.84. The number of hydrogen-bond donors (Lipinski definition) is 2. The first kappa shape index (κ1) is 17.3. The van der Waals surface area contributed by atoms with Gasteiger partial charge in [-0.1, -0.05) is 6.07 Å². The van der Waals surface area contributed by atoms with Gasteiger partial charge in [-0.05, 0) is 31.5 Å². The number of carbonyl (C=O) groups is 1. The molecule has 0 aliphatic carbocycles. The third kappa shape index (κ3) is 5.61. The largest absolute Gasteiger partial charge is 0.493 e. The molecule has 21 heavy (non-hydrogen) atoms. The van der Waals surface area contributed by atoms with Crippen molar-refractivity contribution in [3.8, 4) is 11.5 Å². The fourth-order valence-electron chi connectivity index (χ4n) is 1.81. The van der Waals surface area contributed by atoms with E-state index < -0.39 is 6.10 Å². The zero-order valence-corrected chi connectivity index (χ0v) is 12.9. The molecular formula is C15H23NO5. The Hall–Kier alpha value is -1.79. The number of amides is 1. The van der Waals surface area contributed by atoms with Crippen LogP contribution in [0.2, 0.25) is 0 Å². The van der Waals surface area contributed by atoms with Gasteiger partial charge >= 0.3 is 0 Å². The Bertz CT molecular complexity index is 461. The minimum Gasteiger partial charge on any atom is -0.493 e. The topological polar surface area (TPSA) is 77.0 Å². The molecule has 0 aliphatic rings. The molecule has 118 valence electrons. The van der Waals surface area contributed by atoms with Crippen LogP contribution in [0.5, 0.6) is 11.5 Å². The van der Waals surface area contributed by atoms with E-state index in [-0.39, 0.29) is 18.6 Å². The SMILES string of the molecule is COCC(C)NC(=O)COc1ccc([C@@H](C)O)cc1OC. The molecule has 0 saturated heterocycles. The molecule has 0 aromatic heterocycles. The third-order valence-electron chi connectivity index (χ3n) is 2.85. The van der Waals surface area contributed by atoms with Gasteiger partial charge in [0, 0.05) is 13.2 Å². The van der Waals surface area contributed by atoms with E-state index in [2.05, 4.69) is 5.32 Å². The molecule has 0 radical (unpaired) electrons. The summed E-state index contributed by atoms with van der Waals surface area (Å²) in [6.07, 6.45) is -0.592. The molecule has 1 rings (SSSR count). The quantitative estimate of drug-likeness (QED) is 0.756. The Labute approximate surface area is 125 Å². The summed E-state index contributed by atoms with van der Waals surface area (Å²) >= 11 is 0. The van der Waals surface area contributed by atoms with E-state index in [0.717, 1.165) is 5.56 Å². The minimum absolute atomic E-state index is 0.0781. The van der Waals surface area contributed by atoms with Gasteiger partial charge in [0.25, 0.3) is 5.91 Å². The van der Waals surface area contributed by atoms with E-state index in [0.29, 0.717) is 18.1 Å². The molecule has 0 saturated carbocycles. The van der Waals surface area contributed by atoms with Crippen LogP contribution in [0.4, 0.5) is 0 Å². The lowest BCUT2D eigenvalue weighted by molar-refractivity contribution is -0.124. The van der Waals surface area contributed by atoms with Gasteiger partial charge in [-0.25, -0.2) is 0 Å². The van der Waals surface area contributed by atoms with Crippen LogP contribution in [-0.4, -0.2) is 44.5 Å². The number of aliphatic hydroxyl groups is 1. The van der Waals surface area contributed by atoms with Crippen LogP contribution in [0.1, 0.15) is 25.5 Å². The van der Waals surface area contributed by atoms with Crippen molar-refractivity contribution in [1.29, 1.82) is 0 Å². The van der Waals surface area contributed by atoms with Crippen LogP contribution in [0.3, 0.4) is 0 Å². The molecule has 0 spiro atoms. The number of aliphatic hydroxyl groups excluding tert-OH is 1. The van der Waals surface area contributed by atoms with Crippen LogP contribution in [-0.2, 0) is 9.53 Å². The van der Waals surface area contributed by atoms with Crippen LogP contribution < -0.4 is 14.8 Å². The first-order valence-corrected chi connectivity index (χ1v) is 6.75. The Kier molecular flexibility index (Phi) is 6.98. The second-order valence-electron chi connectivity index (χ2n) is 4.80. The fourth-order valence-corrected chi connectivity index (χ4v) is 1.81. The monoisotopic (exact) mass is 297 g/mol. The standard InChI is InChI=1S/C15H23NO5/c1-10(8-19-3)16-15(18)9-21-13-6-5-12(11(2)17)7-14(13)20-4/h5-7,10-11,17H,8-9H2,1-4H3,(H,16,18)/t10?,11-/m1/s1. The number of ether oxygens (including phenoxy) is 3. The van der Waals surface area contributed by atoms with Crippen molar-refractivity contribution in [3.63, 3.8) is 0 Å². The van der Waals surface area contributed by atoms with Gasteiger partial charge in [-0.3, -0.25) is 4.79 Å². The zero-order chi connectivity index (χ0) is 15.8. The first-order chi connectivity index (χ1) is 9.97. The smallest absolute Gasteiger partial charge is 0.258 e. The second kappa shape index (κ2) is 8.49. The Morgan fingerprint density at radius 3 is 2.57 bits per heavy atom. The summed E-state index contributed by atoms with van der Waals surface area (Å²) in [6, 6.07) is 5.01. The number of nitrogens with one attached hydrogen (secondary N) is 1. The maximum absolute atomic E-state index is 11.7. The molecule has 0 aliphatic heterocycles. The average molecular weight is 297 g/mol. The van der Waals surface area contributed by atoms with Gasteiger partial charge in [0.1, 0.15) is 0 Å². The van der Waals surface area contributed by atoms with Crippen LogP contribution in [0.25, 0.3) is 0 Å². The van der Waals surface area contributed by atoms with E-state index in [1.807, 2.05) is 6.92 Å². The summed E-state index contributed by atoms with van der Waals surface area (Å²) in [5.74, 6) is 0.698. The molecular weight excluding hydrogens is 274 g/mol. The highest BCUT2D eigenvalue weighted by Gasteiger charge is 2.12. The van der Waals surface area contributed by atoms with E-state index in [4.69, 9.17) is 14.2 Å². The Morgan fingerprint density at radius 1 is 1.29 bits per heavy atom. The van der Waals surface area contributed by atoms with Gasteiger partial charge < -0.3 is 24.6 Å². The number of carbonyl (C=O) groups excluding carboxylic acids is 1. The molecule has 2 N–H and O–H groups in total. The van der Waals surface area contributed by atoms with Gasteiger partial charge in [-0.15, -0.1) is 0 Å². The van der Waals surface area contributed by atoms with Crippen molar-refractivity contribution < 1.29 is 24.1 Å². The molecule has 1 aromatic carbocycles. The van der Waals surface area contributed by atoms with Gasteiger partial charge in [0.15, 0.2) is 18.1 Å². The summed E-state index contributed by atoms with van der Waals surface area (Å²) in [5, 5.41) is 12.3. The maximum atomic E-state index is 11.7. The van der Waals surface area contributed by atoms with Gasteiger partial charge in [-0.2, -0.15) is 0 Å². The number of rotatable bonds is 8. The Morgan fingerprint density at radius 2 is 2.00 bits per heavy atom. The van der Waals surface area contributed by atoms with Crippen molar-refractivity contribution >= 4 is 5.91 Å². The third-order valence-corrected chi connectivity index (χ3v) is 2.85. The first-order valence-electron chi connectivity index (χ1n) is 6.75. The van der Waals surface area contributed by atoms with Crippen LogP contribution in [0, 0.1) is 0 Å². The van der Waals surface area contributed by atoms with Crippen LogP contribution >= 0.6 is 0 Å². The van der Waals surface area contributed by atoms with Crippen molar-refractivity contribution in [2.45, 2.75) is 26.0 Å². The highest BCUT2D eigenvalue weighted by atomic mass is 16.5. The highest BCUT2D eigenvalue weighted by Crippen LogP contribution is 2.30. The Balaban J connectivity index is 2.60. The van der Waals surface area contributed by atoms with E-state index >= 15 is 0 Å². The average Bonchev–Trinajstić information content (AvgIpc) is 2.44. The normalized spacial score (nSPS) is 13.4. The number of benzene rings is 1. The summed E-state index contributed by atoms with van der Waals surface area (Å²) in [7, 11) is 3.09. The van der Waals surface area contributed by atoms with Crippen molar-refractivity contribution in [3.05, 3.63) is 23.8 Å². The van der Waals surface area contributed by atoms with Gasteiger partial charge in [0.05, 0.1) is 19.8 Å². The molecule has 0 heterocycles. The molecule has 1 aromatic rings. The molecule has 1 amide bonds. The van der Waals surface area contributed by atoms with Crippen molar-refractivity contribution in [2.24, 2.45) is 0 Å². The second-order valence-corrected chi connectivity index (χ2v) is 4.80. The van der Waals surface area contributed by atoms with E-state index in [1.54, 1.807) is 32.2 Å². The lowest BCUT2D eigenvalue weighted by Crippen LogP contribution is -2.38. The van der Waals surface area contributed by atoms with Crippen LogP contribution in [0.15, 0.2) is 18.2 Å². The molecule has 1 unspecified atom stereocenters. The molecule has 6 nitrogen and oxygen atoms in total. The van der Waals surface area contributed by atoms with Gasteiger partial charge in [0.2, 0.25) is 0 Å². The predicted molar refractivity (Wildman–Crippen MR) is 78.6 cm³/mol. The van der Waals surface area contributed by atoms with E-state index in [1.165, 1.54) is 7.11 Å². The maximum Gasteiger partial charge on any atom is 0.258 e. The van der Waals surface area contributed by atoms with Crippen molar-refractivity contribution in [2.75, 3.05) is 27.4 Å². The number of hydrogen-bond acceptors (Lipinski definition) is 5. The minimum atomic E-state index is -0.592. The predicted octanol–water partition coefficient (Wildman–Crippen LogP) is 1.28. The molecule has 2 atom stereocenters. The lowest BCUT2D eigenvalue weighted by atomic mass is 10.1. The summed E-state index contributed by atoms with van der Waals surface area (Å²) in [5.41, 5.74) is 0.720. The molecule has 0 bridgehead atoms.